The smallest absolute Gasteiger partial charge is 0.351 e. The van der Waals surface area contributed by atoms with E-state index in [1.165, 1.54) is 51.5 Å². The van der Waals surface area contributed by atoms with Crippen LogP contribution in [0.1, 0.15) is 6.92 Å². The van der Waals surface area contributed by atoms with Crippen molar-refractivity contribution in [2.45, 2.75) is 12.7 Å². The average Bonchev–Trinajstić information content (AvgIpc) is 2.63. The van der Waals surface area contributed by atoms with E-state index in [2.05, 4.69) is 5.32 Å². The minimum atomic E-state index is -3.52. The van der Waals surface area contributed by atoms with Crippen molar-refractivity contribution in [1.82, 2.24) is 0 Å². The lowest BCUT2D eigenvalue weighted by Crippen LogP contribution is -2.18. The zero-order valence-corrected chi connectivity index (χ0v) is 18.1. The standard InChI is InChI=1S/C16H16Cl3N2O6P/c1-9(28(24,25-2)26-3)20-14-8-11(4-5-15(14)21(22)23)27-16-12(18)6-10(17)7-13(16)19/h4-9,20H,1-3H3. The highest BCUT2D eigenvalue weighted by Gasteiger charge is 2.32. The molecule has 0 aliphatic heterocycles. The van der Waals surface area contributed by atoms with Gasteiger partial charge in [-0.1, -0.05) is 34.8 Å². The van der Waals surface area contributed by atoms with Gasteiger partial charge in [-0.25, -0.2) is 0 Å². The van der Waals surface area contributed by atoms with E-state index in [1.54, 1.807) is 0 Å². The molecule has 0 saturated heterocycles. The number of rotatable bonds is 8. The van der Waals surface area contributed by atoms with Crippen LogP contribution in [0.15, 0.2) is 30.3 Å². The second kappa shape index (κ2) is 9.31. The van der Waals surface area contributed by atoms with Crippen LogP contribution in [-0.4, -0.2) is 24.9 Å². The molecule has 2 rings (SSSR count). The topological polar surface area (TPSA) is 99.9 Å². The van der Waals surface area contributed by atoms with E-state index in [0.717, 1.165) is 0 Å². The molecule has 0 heterocycles. The molecule has 8 nitrogen and oxygen atoms in total. The summed E-state index contributed by atoms with van der Waals surface area (Å²) < 4.78 is 28.0. The predicted octanol–water partition coefficient (Wildman–Crippen LogP) is 6.59. The Balaban J connectivity index is 2.41. The molecule has 0 radical (unpaired) electrons. The third-order valence-electron chi connectivity index (χ3n) is 3.70. The van der Waals surface area contributed by atoms with Gasteiger partial charge in [0.2, 0.25) is 0 Å². The van der Waals surface area contributed by atoms with Crippen molar-refractivity contribution in [3.8, 4) is 11.5 Å². The Morgan fingerprint density at radius 1 is 1.11 bits per heavy atom. The van der Waals surface area contributed by atoms with E-state index in [-0.39, 0.29) is 32.9 Å². The van der Waals surface area contributed by atoms with Gasteiger partial charge in [0, 0.05) is 31.4 Å². The summed E-state index contributed by atoms with van der Waals surface area (Å²) in [4.78, 5) is 10.8. The van der Waals surface area contributed by atoms with Gasteiger partial charge in [0.05, 0.1) is 15.0 Å². The van der Waals surface area contributed by atoms with Crippen molar-refractivity contribution in [3.63, 3.8) is 0 Å². The van der Waals surface area contributed by atoms with Crippen LogP contribution >= 0.6 is 42.4 Å². The van der Waals surface area contributed by atoms with Gasteiger partial charge in [0.15, 0.2) is 5.75 Å². The SMILES string of the molecule is COP(=O)(OC)C(C)Nc1cc(Oc2c(Cl)cc(Cl)cc2Cl)ccc1[N+](=O)[O-]. The lowest BCUT2D eigenvalue weighted by Gasteiger charge is -2.22. The first-order valence-electron chi connectivity index (χ1n) is 7.70. The number of nitro groups is 1. The number of hydrogen-bond acceptors (Lipinski definition) is 7. The summed E-state index contributed by atoms with van der Waals surface area (Å²) in [6, 6.07) is 6.86. The Labute approximate surface area is 176 Å². The fourth-order valence-electron chi connectivity index (χ4n) is 2.29. The van der Waals surface area contributed by atoms with Crippen molar-refractivity contribution in [2.75, 3.05) is 19.5 Å². The number of nitrogens with one attached hydrogen (secondary N) is 1. The summed E-state index contributed by atoms with van der Waals surface area (Å²) in [6.45, 7) is 1.51. The van der Waals surface area contributed by atoms with Crippen LogP contribution in [0.4, 0.5) is 11.4 Å². The van der Waals surface area contributed by atoms with Crippen LogP contribution in [0.5, 0.6) is 11.5 Å². The molecular formula is C16H16Cl3N2O6P. The van der Waals surface area contributed by atoms with E-state index in [4.69, 9.17) is 48.6 Å². The van der Waals surface area contributed by atoms with Crippen LogP contribution in [0, 0.1) is 10.1 Å². The van der Waals surface area contributed by atoms with Gasteiger partial charge in [-0.3, -0.25) is 14.7 Å². The molecule has 2 aromatic rings. The number of halogens is 3. The molecule has 0 spiro atoms. The van der Waals surface area contributed by atoms with Gasteiger partial charge in [-0.15, -0.1) is 0 Å². The molecular weight excluding hydrogens is 454 g/mol. The fraction of sp³-hybridized carbons (Fsp3) is 0.250. The highest BCUT2D eigenvalue weighted by Crippen LogP contribution is 2.52. The minimum Gasteiger partial charge on any atom is -0.454 e. The van der Waals surface area contributed by atoms with E-state index < -0.39 is 18.3 Å². The van der Waals surface area contributed by atoms with Crippen LogP contribution in [0.25, 0.3) is 0 Å². The zero-order valence-electron chi connectivity index (χ0n) is 14.9. The quantitative estimate of drug-likeness (QED) is 0.264. The number of nitro benzene ring substituents is 1. The Morgan fingerprint density at radius 2 is 1.68 bits per heavy atom. The number of anilines is 1. The first-order valence-corrected chi connectivity index (χ1v) is 10.4. The third-order valence-corrected chi connectivity index (χ3v) is 6.57. The number of nitrogens with zero attached hydrogens (tertiary/aromatic N) is 1. The Bertz CT molecular complexity index is 912. The number of hydrogen-bond donors (Lipinski definition) is 1. The molecule has 0 bridgehead atoms. The van der Waals surface area contributed by atoms with Gasteiger partial charge in [0.1, 0.15) is 17.2 Å². The molecule has 1 atom stereocenters. The molecule has 0 amide bonds. The summed E-state index contributed by atoms with van der Waals surface area (Å²) in [5, 5.41) is 14.8. The van der Waals surface area contributed by atoms with Gasteiger partial charge in [0.25, 0.3) is 5.69 Å². The molecule has 1 N–H and O–H groups in total. The summed E-state index contributed by atoms with van der Waals surface area (Å²) in [6.07, 6.45) is 0. The number of ether oxygens (including phenoxy) is 1. The van der Waals surface area contributed by atoms with Gasteiger partial charge in [-0.05, 0) is 25.1 Å². The Hall–Kier alpha value is -1.54. The summed E-state index contributed by atoms with van der Waals surface area (Å²) in [5.41, 5.74) is -0.211. The predicted molar refractivity (Wildman–Crippen MR) is 109 cm³/mol. The fourth-order valence-corrected chi connectivity index (χ4v) is 4.27. The van der Waals surface area contributed by atoms with E-state index >= 15 is 0 Å². The van der Waals surface area contributed by atoms with Crippen LogP contribution in [0.2, 0.25) is 15.1 Å². The Kier molecular flexibility index (Phi) is 7.56. The van der Waals surface area contributed by atoms with E-state index in [1.807, 2.05) is 0 Å². The summed E-state index contributed by atoms with van der Waals surface area (Å²) in [7, 11) is -1.08. The highest BCUT2D eigenvalue weighted by molar-refractivity contribution is 7.54. The van der Waals surface area contributed by atoms with E-state index in [0.29, 0.717) is 5.02 Å². The summed E-state index contributed by atoms with van der Waals surface area (Å²) in [5.74, 6) is -0.532. The molecule has 1 unspecified atom stereocenters. The van der Waals surface area contributed by atoms with Gasteiger partial charge < -0.3 is 19.1 Å². The zero-order chi connectivity index (χ0) is 21.1. The van der Waals surface area contributed by atoms with Crippen LogP contribution in [0.3, 0.4) is 0 Å². The third kappa shape index (κ3) is 5.08. The first kappa shape index (κ1) is 22.7. The normalized spacial score (nSPS) is 12.5. The average molecular weight is 470 g/mol. The monoisotopic (exact) mass is 468 g/mol. The molecule has 0 aliphatic rings. The highest BCUT2D eigenvalue weighted by atomic mass is 35.5. The van der Waals surface area contributed by atoms with Crippen molar-refractivity contribution < 1.29 is 23.3 Å². The lowest BCUT2D eigenvalue weighted by atomic mass is 10.2. The second-order valence-electron chi connectivity index (χ2n) is 5.46. The Morgan fingerprint density at radius 3 is 2.18 bits per heavy atom. The maximum atomic E-state index is 12.5. The number of benzene rings is 2. The lowest BCUT2D eigenvalue weighted by molar-refractivity contribution is -0.384. The van der Waals surface area contributed by atoms with Crippen LogP contribution < -0.4 is 10.1 Å². The summed E-state index contributed by atoms with van der Waals surface area (Å²) >= 11 is 18.1. The van der Waals surface area contributed by atoms with Gasteiger partial charge in [-0.2, -0.15) is 0 Å². The molecule has 0 aliphatic carbocycles. The maximum Gasteiger partial charge on any atom is 0.351 e. The molecule has 12 heteroatoms. The molecule has 152 valence electrons. The van der Waals surface area contributed by atoms with Crippen molar-refractivity contribution >= 4 is 53.8 Å². The molecule has 2 aromatic carbocycles. The molecule has 0 fully saturated rings. The van der Waals surface area contributed by atoms with Crippen LogP contribution in [-0.2, 0) is 13.6 Å². The molecule has 0 aromatic heterocycles. The van der Waals surface area contributed by atoms with Crippen molar-refractivity contribution in [1.29, 1.82) is 0 Å². The van der Waals surface area contributed by atoms with E-state index in [9.17, 15) is 14.7 Å². The first-order chi connectivity index (χ1) is 13.1. The largest absolute Gasteiger partial charge is 0.454 e. The minimum absolute atomic E-state index is 0.0468. The second-order valence-corrected chi connectivity index (χ2v) is 9.30. The van der Waals surface area contributed by atoms with Crippen molar-refractivity contribution in [2.24, 2.45) is 0 Å². The van der Waals surface area contributed by atoms with Gasteiger partial charge >= 0.3 is 7.60 Å². The van der Waals surface area contributed by atoms with Crippen molar-refractivity contribution in [3.05, 3.63) is 55.5 Å². The molecule has 0 saturated carbocycles. The maximum absolute atomic E-state index is 12.5. The molecule has 28 heavy (non-hydrogen) atoms.